The number of hydrogen-bond donors (Lipinski definition) is 2. The minimum atomic E-state index is -1.18. The fraction of sp³-hybridized carbons (Fsp3) is 0.769. The number of imide groups is 1. The first kappa shape index (κ1) is 15.6. The van der Waals surface area contributed by atoms with Gasteiger partial charge < -0.3 is 5.11 Å². The predicted octanol–water partition coefficient (Wildman–Crippen LogP) is 0.755. The molecule has 2 N–H and O–H groups in total. The summed E-state index contributed by atoms with van der Waals surface area (Å²) in [5.74, 6) is -1.58. The largest absolute Gasteiger partial charge is 0.480 e. The Morgan fingerprint density at radius 3 is 2.47 bits per heavy atom. The maximum Gasteiger partial charge on any atom is 0.323 e. The molecule has 1 fully saturated rings. The van der Waals surface area contributed by atoms with E-state index in [1.54, 1.807) is 20.8 Å². The number of aliphatic carboxylic acids is 1. The molecule has 1 aliphatic heterocycles. The van der Waals surface area contributed by atoms with Crippen molar-refractivity contribution in [2.24, 2.45) is 0 Å². The van der Waals surface area contributed by atoms with Gasteiger partial charge in [-0.15, -0.1) is 0 Å². The Balaban J connectivity index is 2.86. The summed E-state index contributed by atoms with van der Waals surface area (Å²) in [5, 5.41) is 12.1. The van der Waals surface area contributed by atoms with E-state index in [1.807, 2.05) is 6.92 Å². The van der Waals surface area contributed by atoms with E-state index in [0.717, 1.165) is 0 Å². The maximum atomic E-state index is 12.1. The molecule has 2 atom stereocenters. The number of nitrogens with zero attached hydrogens (tertiary/aromatic N) is 1. The molecular formula is C13H22N2O4. The molecule has 1 saturated heterocycles. The Bertz CT molecular complexity index is 394. The van der Waals surface area contributed by atoms with Crippen LogP contribution in [-0.4, -0.2) is 45.4 Å². The van der Waals surface area contributed by atoms with Crippen molar-refractivity contribution >= 4 is 17.8 Å². The van der Waals surface area contributed by atoms with Crippen LogP contribution in [0.5, 0.6) is 0 Å². The van der Waals surface area contributed by atoms with Gasteiger partial charge in [-0.2, -0.15) is 0 Å². The molecule has 6 heteroatoms. The van der Waals surface area contributed by atoms with Crippen molar-refractivity contribution in [2.75, 3.05) is 0 Å². The number of carbonyl (C=O) groups is 3. The molecule has 0 spiro atoms. The Labute approximate surface area is 113 Å². The van der Waals surface area contributed by atoms with Gasteiger partial charge >= 0.3 is 5.97 Å². The lowest BCUT2D eigenvalue weighted by Gasteiger charge is -2.29. The molecule has 108 valence electrons. The maximum absolute atomic E-state index is 12.1. The van der Waals surface area contributed by atoms with Gasteiger partial charge in [0.2, 0.25) is 11.8 Å². The number of amides is 2. The third kappa shape index (κ3) is 3.12. The highest BCUT2D eigenvalue weighted by Gasteiger charge is 2.44. The number of carboxylic acid groups (broad SMARTS) is 1. The van der Waals surface area contributed by atoms with Crippen molar-refractivity contribution in [1.82, 2.24) is 10.2 Å². The van der Waals surface area contributed by atoms with Gasteiger partial charge in [-0.05, 0) is 27.2 Å². The lowest BCUT2D eigenvalue weighted by atomic mass is 9.94. The number of likely N-dealkylation sites (tertiary alicyclic amines) is 1. The molecule has 1 aliphatic rings. The number of nitrogens with one attached hydrogen (secondary N) is 1. The fourth-order valence-corrected chi connectivity index (χ4v) is 2.43. The van der Waals surface area contributed by atoms with Gasteiger partial charge in [-0.1, -0.05) is 13.3 Å². The van der Waals surface area contributed by atoms with Crippen molar-refractivity contribution in [3.63, 3.8) is 0 Å². The molecule has 0 saturated carbocycles. The molecule has 1 rings (SSSR count). The Hall–Kier alpha value is -1.43. The fourth-order valence-electron chi connectivity index (χ4n) is 2.43. The van der Waals surface area contributed by atoms with Crippen LogP contribution in [0.3, 0.4) is 0 Å². The van der Waals surface area contributed by atoms with Crippen molar-refractivity contribution in [2.45, 2.75) is 64.6 Å². The van der Waals surface area contributed by atoms with E-state index in [2.05, 4.69) is 5.32 Å². The second-order valence-electron chi connectivity index (χ2n) is 5.48. The first-order valence-electron chi connectivity index (χ1n) is 6.60. The van der Waals surface area contributed by atoms with Crippen LogP contribution in [0.4, 0.5) is 0 Å². The number of carboxylic acids is 1. The van der Waals surface area contributed by atoms with Gasteiger partial charge in [0.15, 0.2) is 0 Å². The lowest BCUT2D eigenvalue weighted by Crippen LogP contribution is -2.56. The topological polar surface area (TPSA) is 86.7 Å². The van der Waals surface area contributed by atoms with Crippen LogP contribution in [0.1, 0.15) is 47.0 Å². The molecule has 19 heavy (non-hydrogen) atoms. The average Bonchev–Trinajstić information content (AvgIpc) is 2.53. The number of hydrogen-bond acceptors (Lipinski definition) is 4. The first-order chi connectivity index (χ1) is 8.73. The second-order valence-corrected chi connectivity index (χ2v) is 5.48. The highest BCUT2D eigenvalue weighted by atomic mass is 16.4. The SMILES string of the molecule is CCCC(C)(NC1CC(=O)N(C(C)C)C1=O)C(=O)O. The third-order valence-corrected chi connectivity index (χ3v) is 3.41. The predicted molar refractivity (Wildman–Crippen MR) is 69.5 cm³/mol. The van der Waals surface area contributed by atoms with Crippen LogP contribution in [-0.2, 0) is 14.4 Å². The van der Waals surface area contributed by atoms with Crippen molar-refractivity contribution in [3.05, 3.63) is 0 Å². The zero-order valence-corrected chi connectivity index (χ0v) is 11.9. The van der Waals surface area contributed by atoms with Gasteiger partial charge in [0.05, 0.1) is 12.5 Å². The summed E-state index contributed by atoms with van der Waals surface area (Å²) in [7, 11) is 0. The van der Waals surface area contributed by atoms with E-state index >= 15 is 0 Å². The molecule has 2 amide bonds. The third-order valence-electron chi connectivity index (χ3n) is 3.41. The van der Waals surface area contributed by atoms with Gasteiger partial charge in [-0.3, -0.25) is 24.6 Å². The van der Waals surface area contributed by atoms with E-state index in [4.69, 9.17) is 0 Å². The highest BCUT2D eigenvalue weighted by molar-refractivity contribution is 6.06. The highest BCUT2D eigenvalue weighted by Crippen LogP contribution is 2.21. The van der Waals surface area contributed by atoms with Gasteiger partial charge in [0.25, 0.3) is 0 Å². The first-order valence-corrected chi connectivity index (χ1v) is 6.60. The smallest absolute Gasteiger partial charge is 0.323 e. The van der Waals surface area contributed by atoms with Crippen molar-refractivity contribution < 1.29 is 19.5 Å². The van der Waals surface area contributed by atoms with Gasteiger partial charge in [0.1, 0.15) is 5.54 Å². The normalized spacial score (nSPS) is 23.0. The Morgan fingerprint density at radius 1 is 1.53 bits per heavy atom. The van der Waals surface area contributed by atoms with Crippen LogP contribution < -0.4 is 5.32 Å². The van der Waals surface area contributed by atoms with E-state index < -0.39 is 17.6 Å². The summed E-state index contributed by atoms with van der Waals surface area (Å²) in [6, 6.07) is -0.934. The zero-order chi connectivity index (χ0) is 14.8. The Morgan fingerprint density at radius 2 is 2.11 bits per heavy atom. The summed E-state index contributed by atoms with van der Waals surface area (Å²) in [5.41, 5.74) is -1.18. The van der Waals surface area contributed by atoms with Crippen LogP contribution in [0.25, 0.3) is 0 Å². The van der Waals surface area contributed by atoms with E-state index in [-0.39, 0.29) is 24.3 Å². The van der Waals surface area contributed by atoms with Crippen LogP contribution in [0.2, 0.25) is 0 Å². The summed E-state index contributed by atoms with van der Waals surface area (Å²) in [6.45, 7) is 6.96. The zero-order valence-electron chi connectivity index (χ0n) is 11.9. The molecule has 0 bridgehead atoms. The summed E-state index contributed by atoms with van der Waals surface area (Å²) in [4.78, 5) is 36.4. The lowest BCUT2D eigenvalue weighted by molar-refractivity contribution is -0.145. The second kappa shape index (κ2) is 5.69. The molecular weight excluding hydrogens is 248 g/mol. The molecule has 2 unspecified atom stereocenters. The number of rotatable bonds is 6. The van der Waals surface area contributed by atoms with Crippen LogP contribution >= 0.6 is 0 Å². The number of carbonyl (C=O) groups excluding carboxylic acids is 2. The molecule has 0 aromatic carbocycles. The van der Waals surface area contributed by atoms with Gasteiger partial charge in [0, 0.05) is 6.04 Å². The van der Waals surface area contributed by atoms with Crippen molar-refractivity contribution in [1.29, 1.82) is 0 Å². The minimum Gasteiger partial charge on any atom is -0.480 e. The monoisotopic (exact) mass is 270 g/mol. The minimum absolute atomic E-state index is 0.0313. The van der Waals surface area contributed by atoms with Crippen molar-refractivity contribution in [3.8, 4) is 0 Å². The van der Waals surface area contributed by atoms with Crippen LogP contribution in [0, 0.1) is 0 Å². The van der Waals surface area contributed by atoms with E-state index in [1.165, 1.54) is 4.90 Å². The Kier molecular flexibility index (Phi) is 4.68. The van der Waals surface area contributed by atoms with E-state index in [0.29, 0.717) is 12.8 Å². The summed E-state index contributed by atoms with van der Waals surface area (Å²) in [6.07, 6.45) is 1.12. The molecule has 0 aromatic rings. The molecule has 0 aliphatic carbocycles. The molecule has 6 nitrogen and oxygen atoms in total. The standard InChI is InChI=1S/C13H22N2O4/c1-5-6-13(4,12(18)19)14-9-7-10(16)15(8(2)3)11(9)17/h8-9,14H,5-7H2,1-4H3,(H,18,19). The quantitative estimate of drug-likeness (QED) is 0.696. The van der Waals surface area contributed by atoms with Crippen LogP contribution in [0.15, 0.2) is 0 Å². The summed E-state index contributed by atoms with van der Waals surface area (Å²) < 4.78 is 0. The molecule has 0 aromatic heterocycles. The average molecular weight is 270 g/mol. The molecule has 0 radical (unpaired) electrons. The summed E-state index contributed by atoms with van der Waals surface area (Å²) >= 11 is 0. The van der Waals surface area contributed by atoms with E-state index in [9.17, 15) is 19.5 Å². The van der Waals surface area contributed by atoms with Gasteiger partial charge in [-0.25, -0.2) is 0 Å². The molecule has 1 heterocycles.